The lowest BCUT2D eigenvalue weighted by atomic mass is 9.90. The van der Waals surface area contributed by atoms with Crippen LogP contribution in [0.3, 0.4) is 0 Å². The Hall–Kier alpha value is -2.84. The number of hydrogen-bond donors (Lipinski definition) is 2. The van der Waals surface area contributed by atoms with Crippen LogP contribution in [0.1, 0.15) is 36.0 Å². The van der Waals surface area contributed by atoms with Gasteiger partial charge < -0.3 is 20.1 Å². The van der Waals surface area contributed by atoms with Crippen LogP contribution < -0.4 is 20.1 Å². The number of carbonyl (C=O) groups is 3. The molecule has 0 aromatic heterocycles. The quantitative estimate of drug-likeness (QED) is 0.601. The van der Waals surface area contributed by atoms with Gasteiger partial charge in [-0.3, -0.25) is 14.4 Å². The summed E-state index contributed by atoms with van der Waals surface area (Å²) >= 11 is 11.6. The van der Waals surface area contributed by atoms with Gasteiger partial charge in [0.2, 0.25) is 0 Å². The zero-order valence-electron chi connectivity index (χ0n) is 18.6. The number of halogens is 3. The highest BCUT2D eigenvalue weighted by Crippen LogP contribution is 2.45. The molecule has 0 radical (unpaired) electrons. The average Bonchev–Trinajstić information content (AvgIpc) is 3.40. The highest BCUT2D eigenvalue weighted by atomic mass is 35.5. The molecule has 2 amide bonds. The molecule has 0 spiro atoms. The van der Waals surface area contributed by atoms with E-state index >= 15 is 0 Å². The van der Waals surface area contributed by atoms with Gasteiger partial charge in [0.05, 0.1) is 17.0 Å². The molecule has 5 atom stereocenters. The van der Waals surface area contributed by atoms with Crippen molar-refractivity contribution in [1.29, 1.82) is 0 Å². The molecule has 0 saturated heterocycles. The van der Waals surface area contributed by atoms with Gasteiger partial charge in [-0.2, -0.15) is 0 Å². The van der Waals surface area contributed by atoms with Crippen LogP contribution in [-0.4, -0.2) is 42.4 Å². The number of ether oxygens (including phenoxy) is 2. The monoisotopic (exact) mass is 520 g/mol. The maximum atomic E-state index is 13.5. The first kappa shape index (κ1) is 23.9. The number of rotatable bonds is 6. The summed E-state index contributed by atoms with van der Waals surface area (Å²) in [6, 6.07) is 8.76. The minimum Gasteiger partial charge on any atom is -0.484 e. The van der Waals surface area contributed by atoms with E-state index < -0.39 is 11.9 Å². The molecule has 35 heavy (non-hydrogen) atoms. The maximum absolute atomic E-state index is 13.5. The summed E-state index contributed by atoms with van der Waals surface area (Å²) < 4.78 is 24.6. The SMILES string of the molecule is O=C(COc1ccc(Cl)c(F)c1)NC1CC2CC1CC2NC(=O)[C@H]1CC(=O)c2cc(Cl)ccc2O1. The molecule has 2 saturated carbocycles. The second-order valence-corrected chi connectivity index (χ2v) is 10.1. The fourth-order valence-electron chi connectivity index (χ4n) is 5.31. The Morgan fingerprint density at radius 1 is 1.03 bits per heavy atom. The zero-order valence-corrected chi connectivity index (χ0v) is 20.1. The number of fused-ring (bicyclic) bond motifs is 3. The van der Waals surface area contributed by atoms with Gasteiger partial charge in [0.1, 0.15) is 17.3 Å². The van der Waals surface area contributed by atoms with Crippen molar-refractivity contribution < 1.29 is 28.2 Å². The smallest absolute Gasteiger partial charge is 0.261 e. The minimum atomic E-state index is -0.874. The van der Waals surface area contributed by atoms with Gasteiger partial charge in [0.15, 0.2) is 18.5 Å². The lowest BCUT2D eigenvalue weighted by Crippen LogP contribution is -2.50. The fourth-order valence-corrected chi connectivity index (χ4v) is 5.60. The minimum absolute atomic E-state index is 0.00432. The molecule has 184 valence electrons. The molecule has 2 fully saturated rings. The zero-order chi connectivity index (χ0) is 24.7. The molecular formula is C25H23Cl2FN2O5. The van der Waals surface area contributed by atoms with Crippen molar-refractivity contribution in [2.45, 2.75) is 43.9 Å². The number of benzene rings is 2. The Morgan fingerprint density at radius 2 is 1.77 bits per heavy atom. The predicted octanol–water partition coefficient (Wildman–Crippen LogP) is 3.94. The number of amides is 2. The standard InChI is InChI=1S/C25H23Cl2FN2O5/c26-14-1-4-22-16(8-14)21(31)10-23(35-22)25(33)30-20-7-12-5-13(20)6-19(12)29-24(32)11-34-15-2-3-17(27)18(28)9-15/h1-4,8-9,12-13,19-20,23H,5-7,10-11H2,(H,29,32)(H,30,33)/t12?,13?,19?,20?,23-/m1/s1. The van der Waals surface area contributed by atoms with Gasteiger partial charge in [-0.1, -0.05) is 23.2 Å². The maximum Gasteiger partial charge on any atom is 0.261 e. The number of Topliss-reactive ketones (excluding diaryl/α,β-unsaturated/α-hetero) is 1. The second-order valence-electron chi connectivity index (χ2n) is 9.26. The van der Waals surface area contributed by atoms with Gasteiger partial charge in [-0.25, -0.2) is 4.39 Å². The molecule has 3 aliphatic rings. The molecule has 10 heteroatoms. The normalized spacial score (nSPS) is 26.6. The highest BCUT2D eigenvalue weighted by Gasteiger charge is 2.47. The van der Waals surface area contributed by atoms with Crippen molar-refractivity contribution >= 4 is 40.8 Å². The van der Waals surface area contributed by atoms with Crippen molar-refractivity contribution in [3.63, 3.8) is 0 Å². The average molecular weight is 521 g/mol. The summed E-state index contributed by atoms with van der Waals surface area (Å²) in [6.45, 7) is -0.227. The van der Waals surface area contributed by atoms with Crippen molar-refractivity contribution in [2.24, 2.45) is 11.8 Å². The molecule has 2 aromatic carbocycles. The largest absolute Gasteiger partial charge is 0.484 e. The Kier molecular flexibility index (Phi) is 6.59. The van der Waals surface area contributed by atoms with Crippen molar-refractivity contribution in [2.75, 3.05) is 6.61 Å². The molecule has 1 aliphatic heterocycles. The van der Waals surface area contributed by atoms with Crippen LogP contribution >= 0.6 is 23.2 Å². The summed E-state index contributed by atoms with van der Waals surface area (Å²) in [4.78, 5) is 37.6. The summed E-state index contributed by atoms with van der Waals surface area (Å²) in [5, 5.41) is 6.47. The van der Waals surface area contributed by atoms with Crippen LogP contribution in [0.15, 0.2) is 36.4 Å². The van der Waals surface area contributed by atoms with Crippen molar-refractivity contribution in [1.82, 2.24) is 10.6 Å². The number of ketones is 1. The third kappa shape index (κ3) is 5.09. The molecule has 2 N–H and O–H groups in total. The summed E-state index contributed by atoms with van der Waals surface area (Å²) in [7, 11) is 0. The van der Waals surface area contributed by atoms with Gasteiger partial charge in [-0.15, -0.1) is 0 Å². The topological polar surface area (TPSA) is 93.7 Å². The molecule has 5 rings (SSSR count). The first-order valence-corrected chi connectivity index (χ1v) is 12.2. The summed E-state index contributed by atoms with van der Waals surface area (Å²) in [5.41, 5.74) is 0.394. The molecule has 2 bridgehead atoms. The summed E-state index contributed by atoms with van der Waals surface area (Å²) in [6.07, 6.45) is 1.46. The fraction of sp³-hybridized carbons (Fsp3) is 0.400. The third-order valence-electron chi connectivity index (χ3n) is 6.97. The lowest BCUT2D eigenvalue weighted by molar-refractivity contribution is -0.129. The molecule has 7 nitrogen and oxygen atoms in total. The number of nitrogens with one attached hydrogen (secondary N) is 2. The molecule has 2 aromatic rings. The van der Waals surface area contributed by atoms with Gasteiger partial charge in [-0.05, 0) is 61.4 Å². The van der Waals surface area contributed by atoms with E-state index in [0.29, 0.717) is 16.3 Å². The van der Waals surface area contributed by atoms with Gasteiger partial charge >= 0.3 is 0 Å². The van der Waals surface area contributed by atoms with Crippen molar-refractivity contribution in [3.8, 4) is 11.5 Å². The van der Waals surface area contributed by atoms with E-state index in [2.05, 4.69) is 10.6 Å². The van der Waals surface area contributed by atoms with E-state index in [0.717, 1.165) is 25.3 Å². The first-order chi connectivity index (χ1) is 16.8. The highest BCUT2D eigenvalue weighted by molar-refractivity contribution is 6.31. The lowest BCUT2D eigenvalue weighted by Gasteiger charge is -2.31. The molecular weight excluding hydrogens is 498 g/mol. The van der Waals surface area contributed by atoms with Crippen LogP contribution in [0.2, 0.25) is 10.0 Å². The van der Waals surface area contributed by atoms with Crippen LogP contribution in [0, 0.1) is 17.7 Å². The first-order valence-electron chi connectivity index (χ1n) is 11.4. The Balaban J connectivity index is 1.10. The van der Waals surface area contributed by atoms with E-state index in [1.165, 1.54) is 12.1 Å². The van der Waals surface area contributed by atoms with E-state index in [-0.39, 0.29) is 65.3 Å². The van der Waals surface area contributed by atoms with Gasteiger partial charge in [0, 0.05) is 23.2 Å². The van der Waals surface area contributed by atoms with Crippen LogP contribution in [0.4, 0.5) is 4.39 Å². The van der Waals surface area contributed by atoms with E-state index in [1.54, 1.807) is 18.2 Å². The number of carbonyl (C=O) groups excluding carboxylic acids is 3. The molecule has 1 heterocycles. The Labute approximate surface area is 211 Å². The van der Waals surface area contributed by atoms with Crippen LogP contribution in [0.5, 0.6) is 11.5 Å². The Bertz CT molecular complexity index is 1190. The molecule has 4 unspecified atom stereocenters. The van der Waals surface area contributed by atoms with Crippen LogP contribution in [0.25, 0.3) is 0 Å². The third-order valence-corrected chi connectivity index (χ3v) is 7.51. The van der Waals surface area contributed by atoms with E-state index in [9.17, 15) is 18.8 Å². The number of hydrogen-bond acceptors (Lipinski definition) is 5. The van der Waals surface area contributed by atoms with E-state index in [4.69, 9.17) is 32.7 Å². The van der Waals surface area contributed by atoms with Gasteiger partial charge in [0.25, 0.3) is 11.8 Å². The summed E-state index contributed by atoms with van der Waals surface area (Å²) in [5.74, 6) is -0.315. The Morgan fingerprint density at radius 3 is 2.49 bits per heavy atom. The van der Waals surface area contributed by atoms with E-state index in [1.807, 2.05) is 0 Å². The molecule has 2 aliphatic carbocycles. The predicted molar refractivity (Wildman–Crippen MR) is 126 cm³/mol. The van der Waals surface area contributed by atoms with Crippen LogP contribution in [-0.2, 0) is 9.59 Å². The second kappa shape index (κ2) is 9.66. The van der Waals surface area contributed by atoms with Crippen molar-refractivity contribution in [3.05, 3.63) is 57.8 Å².